The van der Waals surface area contributed by atoms with Crippen LogP contribution in [0, 0.1) is 52.3 Å². The molecule has 4 saturated carbocycles. The fourth-order valence-corrected chi connectivity index (χ4v) is 9.56. The van der Waals surface area contributed by atoms with Gasteiger partial charge in [-0.05, 0) is 110 Å². The molecule has 0 bridgehead atoms. The monoisotopic (exact) mass is 462 g/mol. The molecule has 4 aliphatic carbocycles. The SMILES string of the molecule is CC(=O)OC[C@H](C)CCC[C@@H](C)[C@H]1C[C@H](O)[C@H]2[C@@H]3CC[C@H]4C[C@H](O)CC[C@]4(C)[C@H]3CC[C@@]21C. The van der Waals surface area contributed by atoms with Gasteiger partial charge in [-0.15, -0.1) is 0 Å². The molecule has 4 rings (SSSR count). The number of rotatable bonds is 7. The topological polar surface area (TPSA) is 66.8 Å². The van der Waals surface area contributed by atoms with Crippen molar-refractivity contribution in [1.82, 2.24) is 0 Å². The summed E-state index contributed by atoms with van der Waals surface area (Å²) >= 11 is 0. The van der Waals surface area contributed by atoms with Crippen LogP contribution in [0.3, 0.4) is 0 Å². The van der Waals surface area contributed by atoms with Crippen molar-refractivity contribution in [2.24, 2.45) is 52.3 Å². The maximum absolute atomic E-state index is 11.4. The van der Waals surface area contributed by atoms with Gasteiger partial charge in [-0.25, -0.2) is 0 Å². The lowest BCUT2D eigenvalue weighted by Crippen LogP contribution is -2.55. The molecule has 4 aliphatic rings. The number of hydrogen-bond donors (Lipinski definition) is 2. The number of carbonyl (C=O) groups excluding carboxylic acids is 1. The van der Waals surface area contributed by atoms with Crippen LogP contribution in [-0.2, 0) is 9.53 Å². The van der Waals surface area contributed by atoms with E-state index in [1.54, 1.807) is 0 Å². The lowest BCUT2D eigenvalue weighted by atomic mass is 9.44. The van der Waals surface area contributed by atoms with Crippen LogP contribution in [0.15, 0.2) is 0 Å². The van der Waals surface area contributed by atoms with Gasteiger partial charge in [0.25, 0.3) is 0 Å². The molecule has 0 spiro atoms. The third kappa shape index (κ3) is 4.77. The average molecular weight is 463 g/mol. The van der Waals surface area contributed by atoms with E-state index in [1.807, 2.05) is 0 Å². The highest BCUT2D eigenvalue weighted by Crippen LogP contribution is 2.68. The predicted molar refractivity (Wildman–Crippen MR) is 131 cm³/mol. The van der Waals surface area contributed by atoms with Crippen LogP contribution in [0.25, 0.3) is 0 Å². The van der Waals surface area contributed by atoms with Gasteiger partial charge in [0.2, 0.25) is 0 Å². The molecule has 4 fully saturated rings. The first-order chi connectivity index (χ1) is 15.6. The van der Waals surface area contributed by atoms with Crippen LogP contribution < -0.4 is 0 Å². The van der Waals surface area contributed by atoms with E-state index in [-0.39, 0.29) is 23.6 Å². The average Bonchev–Trinajstić information content (AvgIpc) is 3.03. The summed E-state index contributed by atoms with van der Waals surface area (Å²) < 4.78 is 5.18. The molecule has 0 aromatic carbocycles. The van der Waals surface area contributed by atoms with Crippen molar-refractivity contribution >= 4 is 5.97 Å². The van der Waals surface area contributed by atoms with E-state index in [1.165, 1.54) is 51.9 Å². The normalized spacial score (nSPS) is 46.6. The Bertz CT molecular complexity index is 693. The molecule has 0 saturated heterocycles. The van der Waals surface area contributed by atoms with Gasteiger partial charge < -0.3 is 14.9 Å². The molecule has 0 radical (unpaired) electrons. The van der Waals surface area contributed by atoms with E-state index in [0.29, 0.717) is 47.5 Å². The second-order valence-electron chi connectivity index (χ2n) is 13.3. The molecule has 0 aliphatic heterocycles. The van der Waals surface area contributed by atoms with E-state index >= 15 is 0 Å². The predicted octanol–water partition coefficient (Wildman–Crippen LogP) is 5.98. The van der Waals surface area contributed by atoms with Crippen molar-refractivity contribution in [3.8, 4) is 0 Å². The minimum absolute atomic E-state index is 0.0903. The second kappa shape index (κ2) is 9.80. The van der Waals surface area contributed by atoms with E-state index in [2.05, 4.69) is 27.7 Å². The largest absolute Gasteiger partial charge is 0.466 e. The summed E-state index contributed by atoms with van der Waals surface area (Å²) in [6.07, 6.45) is 12.4. The highest BCUT2D eigenvalue weighted by molar-refractivity contribution is 5.65. The third-order valence-electron chi connectivity index (χ3n) is 11.3. The van der Waals surface area contributed by atoms with Crippen LogP contribution in [0.5, 0.6) is 0 Å². The number of aliphatic hydroxyl groups is 2. The van der Waals surface area contributed by atoms with Gasteiger partial charge in [0, 0.05) is 6.92 Å². The van der Waals surface area contributed by atoms with Crippen LogP contribution >= 0.6 is 0 Å². The fourth-order valence-electron chi connectivity index (χ4n) is 9.56. The molecule has 0 aromatic heterocycles. The van der Waals surface area contributed by atoms with Gasteiger partial charge in [-0.1, -0.05) is 40.5 Å². The first-order valence-electron chi connectivity index (χ1n) is 14.1. The van der Waals surface area contributed by atoms with Gasteiger partial charge in [0.05, 0.1) is 18.8 Å². The van der Waals surface area contributed by atoms with Gasteiger partial charge in [-0.3, -0.25) is 4.79 Å². The molecule has 4 heteroatoms. The fraction of sp³-hybridized carbons (Fsp3) is 0.966. The minimum Gasteiger partial charge on any atom is -0.466 e. The van der Waals surface area contributed by atoms with Crippen molar-refractivity contribution in [2.75, 3.05) is 6.61 Å². The van der Waals surface area contributed by atoms with Crippen LogP contribution in [0.4, 0.5) is 0 Å². The summed E-state index contributed by atoms with van der Waals surface area (Å²) in [6.45, 7) is 11.7. The lowest BCUT2D eigenvalue weighted by Gasteiger charge is -2.61. The zero-order chi connectivity index (χ0) is 24.0. The summed E-state index contributed by atoms with van der Waals surface area (Å²) in [5.41, 5.74) is 0.631. The second-order valence-corrected chi connectivity index (χ2v) is 13.3. The summed E-state index contributed by atoms with van der Waals surface area (Å²) in [6, 6.07) is 0. The molecule has 4 nitrogen and oxygen atoms in total. The number of fused-ring (bicyclic) bond motifs is 5. The molecular formula is C29H50O4. The molecule has 190 valence electrons. The number of ether oxygens (including phenoxy) is 1. The molecule has 0 unspecified atom stereocenters. The quantitative estimate of drug-likeness (QED) is 0.457. The van der Waals surface area contributed by atoms with Crippen molar-refractivity contribution < 1.29 is 19.7 Å². The molecule has 33 heavy (non-hydrogen) atoms. The summed E-state index contributed by atoms with van der Waals surface area (Å²) in [4.78, 5) is 11.1. The Balaban J connectivity index is 1.39. The van der Waals surface area contributed by atoms with Crippen molar-refractivity contribution in [3.05, 3.63) is 0 Å². The number of hydrogen-bond acceptors (Lipinski definition) is 4. The Morgan fingerprint density at radius 2 is 1.73 bits per heavy atom. The van der Waals surface area contributed by atoms with E-state index in [0.717, 1.165) is 31.6 Å². The number of aliphatic hydroxyl groups excluding tert-OH is 2. The first kappa shape index (κ1) is 25.5. The summed E-state index contributed by atoms with van der Waals surface area (Å²) in [5, 5.41) is 21.7. The van der Waals surface area contributed by atoms with Crippen LogP contribution in [0.1, 0.15) is 105 Å². The van der Waals surface area contributed by atoms with Crippen molar-refractivity contribution in [3.63, 3.8) is 0 Å². The molecular weight excluding hydrogens is 412 g/mol. The summed E-state index contributed by atoms with van der Waals surface area (Å²) in [5.74, 6) is 4.00. The molecule has 11 atom stereocenters. The van der Waals surface area contributed by atoms with E-state index in [9.17, 15) is 15.0 Å². The molecule has 0 heterocycles. The zero-order valence-electron chi connectivity index (χ0n) is 21.9. The molecule has 0 aromatic rings. The van der Waals surface area contributed by atoms with Crippen molar-refractivity contribution in [2.45, 2.75) is 117 Å². The Hall–Kier alpha value is -0.610. The van der Waals surface area contributed by atoms with E-state index in [4.69, 9.17) is 4.74 Å². The highest BCUT2D eigenvalue weighted by atomic mass is 16.5. The van der Waals surface area contributed by atoms with E-state index < -0.39 is 0 Å². The lowest BCUT2D eigenvalue weighted by molar-refractivity contribution is -0.142. The Labute approximate surface area is 202 Å². The van der Waals surface area contributed by atoms with Gasteiger partial charge in [0.15, 0.2) is 0 Å². The van der Waals surface area contributed by atoms with Gasteiger partial charge >= 0.3 is 5.97 Å². The Kier molecular flexibility index (Phi) is 7.57. The Morgan fingerprint density at radius 1 is 1.00 bits per heavy atom. The third-order valence-corrected chi connectivity index (χ3v) is 11.3. The van der Waals surface area contributed by atoms with Crippen LogP contribution in [0.2, 0.25) is 0 Å². The minimum atomic E-state index is -0.183. The Morgan fingerprint density at radius 3 is 2.45 bits per heavy atom. The van der Waals surface area contributed by atoms with Gasteiger partial charge in [-0.2, -0.15) is 0 Å². The van der Waals surface area contributed by atoms with Crippen LogP contribution in [-0.4, -0.2) is 35.0 Å². The molecule has 0 amide bonds. The number of carbonyl (C=O) groups is 1. The van der Waals surface area contributed by atoms with Crippen molar-refractivity contribution in [1.29, 1.82) is 0 Å². The first-order valence-corrected chi connectivity index (χ1v) is 14.1. The smallest absolute Gasteiger partial charge is 0.302 e. The maximum atomic E-state index is 11.4. The number of esters is 1. The summed E-state index contributed by atoms with van der Waals surface area (Å²) in [7, 11) is 0. The maximum Gasteiger partial charge on any atom is 0.302 e. The highest BCUT2D eigenvalue weighted by Gasteiger charge is 2.63. The molecule has 2 N–H and O–H groups in total. The standard InChI is InChI=1S/C29H50O4/c1-18(17-33-20(3)30)7-6-8-19(2)25-16-26(32)27-23-10-9-21-15-22(31)11-13-28(21,4)24(23)12-14-29(25,27)5/h18-19,21-27,31-32H,6-17H2,1-5H3/t18-,19-,21+,22-,23-,24+,25-,26+,27-,28+,29-/m1/s1. The van der Waals surface area contributed by atoms with Gasteiger partial charge in [0.1, 0.15) is 0 Å². The zero-order valence-corrected chi connectivity index (χ0v) is 21.9.